The normalized spacial score (nSPS) is 15.4. The molecule has 0 unspecified atom stereocenters. The van der Waals surface area contributed by atoms with E-state index in [1.54, 1.807) is 0 Å². The summed E-state index contributed by atoms with van der Waals surface area (Å²) in [6.45, 7) is 0. The zero-order chi connectivity index (χ0) is 28.4. The second-order valence-electron chi connectivity index (χ2n) is 6.53. The van der Waals surface area contributed by atoms with E-state index in [1.165, 1.54) is 0 Å². The molecule has 0 fully saturated rings. The van der Waals surface area contributed by atoms with E-state index in [2.05, 4.69) is 15.9 Å². The van der Waals surface area contributed by atoms with Gasteiger partial charge < -0.3 is 5.11 Å². The second kappa shape index (κ2) is 8.25. The average Bonchev–Trinajstić information content (AvgIpc) is 2.67. The maximum atomic E-state index is 14.2. The number of rotatable bonds is 8. The highest BCUT2D eigenvalue weighted by Crippen LogP contribution is 2.65. The summed E-state index contributed by atoms with van der Waals surface area (Å²) >= 11 is 2.15. The molecule has 0 aliphatic heterocycles. The number of carbonyl (C=O) groups excluding carboxylic acids is 1. The van der Waals surface area contributed by atoms with Crippen molar-refractivity contribution in [3.8, 4) is 5.75 Å². The smallest absolute Gasteiger partial charge is 0.460 e. The summed E-state index contributed by atoms with van der Waals surface area (Å²) < 4.78 is 225. The largest absolute Gasteiger partial charge is 0.506 e. The van der Waals surface area contributed by atoms with Gasteiger partial charge in [-0.1, -0.05) is 0 Å². The highest BCUT2D eigenvalue weighted by molar-refractivity contribution is 9.10. The number of phenols is 1. The fourth-order valence-electron chi connectivity index (χ4n) is 2.24. The van der Waals surface area contributed by atoms with Gasteiger partial charge in [-0.05, 0) is 28.1 Å². The van der Waals surface area contributed by atoms with Gasteiger partial charge in [0, 0.05) is 5.56 Å². The van der Waals surface area contributed by atoms with E-state index in [1.807, 2.05) is 0 Å². The lowest BCUT2D eigenvalue weighted by molar-refractivity contribution is -0.462. The lowest BCUT2D eigenvalue weighted by Crippen LogP contribution is -2.74. The van der Waals surface area contributed by atoms with E-state index < -0.39 is 87.4 Å². The SMILES string of the molecule is O=Cc1cc(C(F)(F)C(F)(F)C(F)(F)C(F)(F)C(F)(F)C(F)(F)C(F)(F)C(F)(F)F)cc(Br)c1O. The molecule has 0 heterocycles. The van der Waals surface area contributed by atoms with E-state index in [4.69, 9.17) is 0 Å². The van der Waals surface area contributed by atoms with Gasteiger partial charge in [0.15, 0.2) is 6.29 Å². The van der Waals surface area contributed by atoms with Gasteiger partial charge in [-0.15, -0.1) is 0 Å². The van der Waals surface area contributed by atoms with E-state index in [0.717, 1.165) is 0 Å². The Kier molecular flexibility index (Phi) is 7.31. The number of hydrogen-bond acceptors (Lipinski definition) is 2. The van der Waals surface area contributed by atoms with Crippen LogP contribution < -0.4 is 0 Å². The lowest BCUT2D eigenvalue weighted by Gasteiger charge is -2.42. The Bertz CT molecular complexity index is 982. The summed E-state index contributed by atoms with van der Waals surface area (Å²) in [6, 6.07) is -0.991. The van der Waals surface area contributed by atoms with Crippen molar-refractivity contribution in [1.82, 2.24) is 0 Å². The first-order valence-corrected chi connectivity index (χ1v) is 8.60. The quantitative estimate of drug-likeness (QED) is 0.243. The van der Waals surface area contributed by atoms with Crippen molar-refractivity contribution in [3.05, 3.63) is 27.7 Å². The molecule has 0 amide bonds. The summed E-state index contributed by atoms with van der Waals surface area (Å²) in [5, 5.41) is 9.29. The third-order valence-corrected chi connectivity index (χ3v) is 4.91. The number of aldehydes is 1. The molecule has 1 rings (SSSR count). The summed E-state index contributed by atoms with van der Waals surface area (Å²) in [5.74, 6) is -58.8. The van der Waals surface area contributed by atoms with Crippen LogP contribution in [0.1, 0.15) is 15.9 Å². The van der Waals surface area contributed by atoms with Gasteiger partial charge in [-0.2, -0.15) is 74.6 Å². The van der Waals surface area contributed by atoms with Crippen molar-refractivity contribution in [3.63, 3.8) is 0 Å². The van der Waals surface area contributed by atoms with Crippen LogP contribution in [0.2, 0.25) is 0 Å². The number of hydrogen-bond donors (Lipinski definition) is 1. The Morgan fingerprint density at radius 3 is 1.29 bits per heavy atom. The predicted octanol–water partition coefficient (Wildman–Crippen LogP) is 7.43. The second-order valence-corrected chi connectivity index (χ2v) is 7.39. The van der Waals surface area contributed by atoms with Crippen molar-refractivity contribution in [2.45, 2.75) is 47.6 Å². The van der Waals surface area contributed by atoms with E-state index in [-0.39, 0.29) is 0 Å². The maximum Gasteiger partial charge on any atom is 0.460 e. The van der Waals surface area contributed by atoms with Crippen LogP contribution in [-0.2, 0) is 5.92 Å². The van der Waals surface area contributed by atoms with Crippen molar-refractivity contribution in [2.75, 3.05) is 0 Å². The standard InChI is InChI=1S/C15H4BrF17O2/c16-6-2-5(1-4(3-34)7(6)35)8(17,18)9(19,20)10(21,22)11(23,24)12(25,26)13(27,28)14(29,30)15(31,32)33/h1-3,35H. The minimum atomic E-state index is -8.73. The maximum absolute atomic E-state index is 14.2. The highest BCUT2D eigenvalue weighted by Gasteiger charge is 2.95. The minimum absolute atomic E-state index is 0.435. The van der Waals surface area contributed by atoms with Gasteiger partial charge in [-0.3, -0.25) is 4.79 Å². The first kappa shape index (κ1) is 31.0. The summed E-state index contributed by atoms with van der Waals surface area (Å²) in [6.07, 6.45) is -8.42. The number of halogens is 18. The van der Waals surface area contributed by atoms with Crippen LogP contribution in [0, 0.1) is 0 Å². The van der Waals surface area contributed by atoms with Gasteiger partial charge in [0.1, 0.15) is 5.75 Å². The molecule has 0 bridgehead atoms. The van der Waals surface area contributed by atoms with Crippen LogP contribution in [0.5, 0.6) is 5.75 Å². The van der Waals surface area contributed by atoms with Crippen molar-refractivity contribution >= 4 is 22.2 Å². The van der Waals surface area contributed by atoms with Crippen LogP contribution in [0.25, 0.3) is 0 Å². The molecule has 35 heavy (non-hydrogen) atoms. The third kappa shape index (κ3) is 3.98. The molecule has 0 aliphatic rings. The Hall–Kier alpha value is -2.02. The monoisotopic (exact) mass is 618 g/mol. The Balaban J connectivity index is 3.82. The molecule has 0 saturated heterocycles. The number of aromatic hydroxyl groups is 1. The van der Waals surface area contributed by atoms with Crippen LogP contribution in [0.3, 0.4) is 0 Å². The molecule has 1 aromatic carbocycles. The van der Waals surface area contributed by atoms with Gasteiger partial charge in [0.2, 0.25) is 0 Å². The zero-order valence-corrected chi connectivity index (χ0v) is 17.0. The molecule has 1 N–H and O–H groups in total. The molecule has 0 spiro atoms. The van der Waals surface area contributed by atoms with Gasteiger partial charge >= 0.3 is 47.6 Å². The molecule has 0 atom stereocenters. The van der Waals surface area contributed by atoms with Crippen LogP contribution in [-0.4, -0.2) is 53.1 Å². The topological polar surface area (TPSA) is 37.3 Å². The van der Waals surface area contributed by atoms with E-state index in [9.17, 15) is 84.5 Å². The molecule has 1 aromatic rings. The first-order chi connectivity index (χ1) is 15.1. The number of carbonyl (C=O) groups is 1. The van der Waals surface area contributed by atoms with Crippen molar-refractivity contribution < 1.29 is 84.5 Å². The third-order valence-electron chi connectivity index (χ3n) is 4.30. The average molecular weight is 619 g/mol. The summed E-state index contributed by atoms with van der Waals surface area (Å²) in [5.41, 5.74) is -4.03. The number of alkyl halides is 17. The summed E-state index contributed by atoms with van der Waals surface area (Å²) in [7, 11) is 0. The predicted molar refractivity (Wildman–Crippen MR) is 80.8 cm³/mol. The van der Waals surface area contributed by atoms with Gasteiger partial charge in [0.05, 0.1) is 10.0 Å². The molecule has 20 heteroatoms. The zero-order valence-electron chi connectivity index (χ0n) is 15.4. The fourth-order valence-corrected chi connectivity index (χ4v) is 2.71. The molecule has 2 nitrogen and oxygen atoms in total. The van der Waals surface area contributed by atoms with Crippen LogP contribution in [0.15, 0.2) is 16.6 Å². The molecule has 202 valence electrons. The van der Waals surface area contributed by atoms with Crippen molar-refractivity contribution in [2.24, 2.45) is 0 Å². The lowest BCUT2D eigenvalue weighted by atomic mass is 9.87. The highest BCUT2D eigenvalue weighted by atomic mass is 79.9. The van der Waals surface area contributed by atoms with Crippen LogP contribution in [0.4, 0.5) is 74.6 Å². The fraction of sp³-hybridized carbons (Fsp3) is 0.533. The Morgan fingerprint density at radius 1 is 0.600 bits per heavy atom. The molecular formula is C15H4BrF17O2. The molecule has 0 saturated carbocycles. The van der Waals surface area contributed by atoms with E-state index >= 15 is 0 Å². The minimum Gasteiger partial charge on any atom is -0.506 e. The van der Waals surface area contributed by atoms with Gasteiger partial charge in [-0.25, -0.2) is 0 Å². The Labute approximate surface area is 188 Å². The number of phenolic OH excluding ortho intramolecular Hbond substituents is 1. The van der Waals surface area contributed by atoms with Gasteiger partial charge in [0.25, 0.3) is 0 Å². The van der Waals surface area contributed by atoms with Crippen LogP contribution >= 0.6 is 15.9 Å². The number of benzene rings is 1. The Morgan fingerprint density at radius 2 is 0.943 bits per heavy atom. The van der Waals surface area contributed by atoms with E-state index in [0.29, 0.717) is 0 Å². The molecule has 0 aromatic heterocycles. The first-order valence-electron chi connectivity index (χ1n) is 7.80. The molecular weight excluding hydrogens is 615 g/mol. The van der Waals surface area contributed by atoms with Crippen molar-refractivity contribution in [1.29, 1.82) is 0 Å². The summed E-state index contributed by atoms with van der Waals surface area (Å²) in [4.78, 5) is 10.7. The molecule has 0 radical (unpaired) electrons. The molecule has 0 aliphatic carbocycles.